The van der Waals surface area contributed by atoms with E-state index in [1.165, 1.54) is 5.56 Å². The van der Waals surface area contributed by atoms with Gasteiger partial charge in [-0.1, -0.05) is 54.6 Å². The molecule has 0 spiro atoms. The first-order valence-corrected chi connectivity index (χ1v) is 6.86. The first-order valence-electron chi connectivity index (χ1n) is 6.86. The van der Waals surface area contributed by atoms with Crippen LogP contribution >= 0.6 is 0 Å². The molecule has 0 radical (unpaired) electrons. The standard InChI is InChI=1S/C18H17NO/c1-19-12-11-15-9-5-6-10-16(15)17(18(19)20)13-14-7-3-2-4-8-14/h2-10,13H,11-12H2,1H3/b17-13-. The maximum atomic E-state index is 12.6. The van der Waals surface area contributed by atoms with Crippen LogP contribution in [0.3, 0.4) is 0 Å². The highest BCUT2D eigenvalue weighted by molar-refractivity contribution is 6.24. The molecule has 1 amide bonds. The van der Waals surface area contributed by atoms with Gasteiger partial charge in [-0.2, -0.15) is 0 Å². The lowest BCUT2D eigenvalue weighted by Crippen LogP contribution is -2.27. The molecule has 2 aromatic carbocycles. The molecule has 0 N–H and O–H groups in total. The summed E-state index contributed by atoms with van der Waals surface area (Å²) in [5, 5.41) is 0. The average molecular weight is 263 g/mol. The molecule has 0 bridgehead atoms. The number of nitrogens with zero attached hydrogens (tertiary/aromatic N) is 1. The third-order valence-electron chi connectivity index (χ3n) is 3.71. The van der Waals surface area contributed by atoms with E-state index in [0.29, 0.717) is 0 Å². The Bertz CT molecular complexity index is 658. The van der Waals surface area contributed by atoms with Gasteiger partial charge in [0.2, 0.25) is 0 Å². The zero-order valence-electron chi connectivity index (χ0n) is 11.5. The molecule has 2 aromatic rings. The normalized spacial score (nSPS) is 16.9. The molecule has 0 saturated heterocycles. The Hall–Kier alpha value is -2.35. The van der Waals surface area contributed by atoms with Crippen molar-refractivity contribution in [3.05, 3.63) is 71.3 Å². The molecule has 2 heteroatoms. The van der Waals surface area contributed by atoms with Crippen molar-refractivity contribution in [3.63, 3.8) is 0 Å². The summed E-state index contributed by atoms with van der Waals surface area (Å²) in [4.78, 5) is 14.4. The van der Waals surface area contributed by atoms with Crippen LogP contribution in [0, 0.1) is 0 Å². The first-order chi connectivity index (χ1) is 9.75. The lowest BCUT2D eigenvalue weighted by Gasteiger charge is -2.14. The summed E-state index contributed by atoms with van der Waals surface area (Å²) in [5.74, 6) is 0.0961. The minimum Gasteiger partial charge on any atom is -0.341 e. The fourth-order valence-electron chi connectivity index (χ4n) is 2.57. The van der Waals surface area contributed by atoms with Crippen LogP contribution < -0.4 is 0 Å². The van der Waals surface area contributed by atoms with Crippen LogP contribution in [0.5, 0.6) is 0 Å². The summed E-state index contributed by atoms with van der Waals surface area (Å²) < 4.78 is 0. The zero-order valence-corrected chi connectivity index (χ0v) is 11.5. The second-order valence-corrected chi connectivity index (χ2v) is 5.10. The number of carbonyl (C=O) groups excluding carboxylic acids is 1. The van der Waals surface area contributed by atoms with Gasteiger partial charge in [-0.05, 0) is 29.2 Å². The molecule has 0 aromatic heterocycles. The molecule has 0 aliphatic carbocycles. The van der Waals surface area contributed by atoms with Gasteiger partial charge in [0.1, 0.15) is 0 Å². The maximum Gasteiger partial charge on any atom is 0.254 e. The molecular weight excluding hydrogens is 246 g/mol. The summed E-state index contributed by atoms with van der Waals surface area (Å²) in [6.07, 6.45) is 2.90. The molecule has 0 saturated carbocycles. The quantitative estimate of drug-likeness (QED) is 0.723. The number of likely N-dealkylation sites (N-methyl/N-ethyl adjacent to an activating group) is 1. The number of hydrogen-bond donors (Lipinski definition) is 0. The minimum absolute atomic E-state index is 0.0961. The van der Waals surface area contributed by atoms with Crippen molar-refractivity contribution >= 4 is 17.6 Å². The molecule has 2 nitrogen and oxygen atoms in total. The molecule has 1 heterocycles. The fraction of sp³-hybridized carbons (Fsp3) is 0.167. The Morgan fingerprint density at radius 1 is 1.00 bits per heavy atom. The Kier molecular flexibility index (Phi) is 3.38. The van der Waals surface area contributed by atoms with E-state index in [1.807, 2.05) is 61.7 Å². The highest BCUT2D eigenvalue weighted by Gasteiger charge is 2.22. The van der Waals surface area contributed by atoms with Crippen LogP contribution in [0.4, 0.5) is 0 Å². The van der Waals surface area contributed by atoms with E-state index in [9.17, 15) is 4.79 Å². The van der Waals surface area contributed by atoms with Gasteiger partial charge >= 0.3 is 0 Å². The van der Waals surface area contributed by atoms with Crippen molar-refractivity contribution in [1.29, 1.82) is 0 Å². The average Bonchev–Trinajstić information content (AvgIpc) is 2.61. The Morgan fingerprint density at radius 2 is 1.70 bits per heavy atom. The molecule has 0 fully saturated rings. The summed E-state index contributed by atoms with van der Waals surface area (Å²) >= 11 is 0. The third kappa shape index (κ3) is 2.37. The highest BCUT2D eigenvalue weighted by Crippen LogP contribution is 2.27. The summed E-state index contributed by atoms with van der Waals surface area (Å²) in [6.45, 7) is 0.766. The minimum atomic E-state index is 0.0961. The van der Waals surface area contributed by atoms with E-state index in [-0.39, 0.29) is 5.91 Å². The second-order valence-electron chi connectivity index (χ2n) is 5.10. The number of fused-ring (bicyclic) bond motifs is 1. The van der Waals surface area contributed by atoms with Crippen molar-refractivity contribution in [3.8, 4) is 0 Å². The highest BCUT2D eigenvalue weighted by atomic mass is 16.2. The van der Waals surface area contributed by atoms with Gasteiger partial charge < -0.3 is 4.90 Å². The molecular formula is C18H17NO. The Labute approximate surface area is 119 Å². The van der Waals surface area contributed by atoms with E-state index in [4.69, 9.17) is 0 Å². The van der Waals surface area contributed by atoms with Crippen LogP contribution in [-0.2, 0) is 11.2 Å². The van der Waals surface area contributed by atoms with E-state index >= 15 is 0 Å². The van der Waals surface area contributed by atoms with Gasteiger partial charge in [0.25, 0.3) is 5.91 Å². The summed E-state index contributed by atoms with van der Waals surface area (Å²) in [6, 6.07) is 18.2. The van der Waals surface area contributed by atoms with E-state index in [2.05, 4.69) is 6.07 Å². The Balaban J connectivity index is 2.15. The monoisotopic (exact) mass is 263 g/mol. The number of hydrogen-bond acceptors (Lipinski definition) is 1. The van der Waals surface area contributed by atoms with Gasteiger partial charge in [0, 0.05) is 19.2 Å². The largest absolute Gasteiger partial charge is 0.341 e. The predicted molar refractivity (Wildman–Crippen MR) is 82.1 cm³/mol. The lowest BCUT2D eigenvalue weighted by atomic mass is 9.97. The number of rotatable bonds is 1. The van der Waals surface area contributed by atoms with Crippen LogP contribution in [0.25, 0.3) is 11.6 Å². The fourth-order valence-corrected chi connectivity index (χ4v) is 2.57. The van der Waals surface area contributed by atoms with Gasteiger partial charge in [-0.15, -0.1) is 0 Å². The van der Waals surface area contributed by atoms with Crippen LogP contribution in [0.2, 0.25) is 0 Å². The predicted octanol–water partition coefficient (Wildman–Crippen LogP) is 3.24. The molecule has 0 unspecified atom stereocenters. The maximum absolute atomic E-state index is 12.6. The van der Waals surface area contributed by atoms with Crippen LogP contribution in [0.1, 0.15) is 16.7 Å². The van der Waals surface area contributed by atoms with E-state index in [0.717, 1.165) is 29.7 Å². The van der Waals surface area contributed by atoms with Crippen molar-refractivity contribution in [2.24, 2.45) is 0 Å². The first kappa shape index (κ1) is 12.7. The van der Waals surface area contributed by atoms with Gasteiger partial charge in [-0.3, -0.25) is 4.79 Å². The lowest BCUT2D eigenvalue weighted by molar-refractivity contribution is -0.123. The number of amides is 1. The SMILES string of the molecule is CN1CCc2ccccc2/C(=C/c2ccccc2)C1=O. The molecule has 1 aliphatic rings. The van der Waals surface area contributed by atoms with E-state index < -0.39 is 0 Å². The van der Waals surface area contributed by atoms with Crippen molar-refractivity contribution in [1.82, 2.24) is 4.90 Å². The Morgan fingerprint density at radius 3 is 2.50 bits per heavy atom. The van der Waals surface area contributed by atoms with Crippen molar-refractivity contribution in [2.45, 2.75) is 6.42 Å². The summed E-state index contributed by atoms with van der Waals surface area (Å²) in [7, 11) is 1.87. The molecule has 100 valence electrons. The van der Waals surface area contributed by atoms with Gasteiger partial charge in [-0.25, -0.2) is 0 Å². The van der Waals surface area contributed by atoms with Crippen molar-refractivity contribution in [2.75, 3.05) is 13.6 Å². The molecule has 0 atom stereocenters. The van der Waals surface area contributed by atoms with Crippen LogP contribution in [0.15, 0.2) is 54.6 Å². The molecule has 20 heavy (non-hydrogen) atoms. The van der Waals surface area contributed by atoms with Crippen LogP contribution in [-0.4, -0.2) is 24.4 Å². The second kappa shape index (κ2) is 5.33. The zero-order chi connectivity index (χ0) is 13.9. The molecule has 1 aliphatic heterocycles. The molecule has 3 rings (SSSR count). The third-order valence-corrected chi connectivity index (χ3v) is 3.71. The smallest absolute Gasteiger partial charge is 0.254 e. The topological polar surface area (TPSA) is 20.3 Å². The van der Waals surface area contributed by atoms with Crippen molar-refractivity contribution < 1.29 is 4.79 Å². The number of benzene rings is 2. The number of carbonyl (C=O) groups is 1. The van der Waals surface area contributed by atoms with E-state index in [1.54, 1.807) is 4.90 Å². The van der Waals surface area contributed by atoms with Gasteiger partial charge in [0.15, 0.2) is 0 Å². The summed E-state index contributed by atoms with van der Waals surface area (Å²) in [5.41, 5.74) is 4.14. The van der Waals surface area contributed by atoms with Gasteiger partial charge in [0.05, 0.1) is 0 Å².